The summed E-state index contributed by atoms with van der Waals surface area (Å²) in [7, 11) is 0. The number of hydrogen-bond acceptors (Lipinski definition) is 3. The summed E-state index contributed by atoms with van der Waals surface area (Å²) in [5, 5.41) is 0.689. The van der Waals surface area contributed by atoms with E-state index in [9.17, 15) is 4.79 Å². The Bertz CT molecular complexity index is 371. The number of carbonyl (C=O) groups is 1. The number of benzene rings is 1. The molecule has 0 saturated heterocycles. The molecule has 94 valence electrons. The minimum atomic E-state index is -0.494. The molecule has 0 saturated carbocycles. The Hall–Kier alpha value is -1.26. The molecule has 0 bridgehead atoms. The molecule has 5 heteroatoms. The first kappa shape index (κ1) is 13.8. The third-order valence-corrected chi connectivity index (χ3v) is 2.05. The second-order valence-electron chi connectivity index (χ2n) is 4.61. The Balaban J connectivity index is 2.28. The number of amides is 1. The Kier molecular flexibility index (Phi) is 4.78. The van der Waals surface area contributed by atoms with Gasteiger partial charge in [-0.25, -0.2) is 10.2 Å². The average molecular weight is 257 g/mol. The van der Waals surface area contributed by atoms with Gasteiger partial charge in [0, 0.05) is 11.6 Å². The maximum absolute atomic E-state index is 11.3. The summed E-state index contributed by atoms with van der Waals surface area (Å²) < 4.78 is 5.06. The molecule has 1 rings (SSSR count). The molecule has 0 aromatic heterocycles. The van der Waals surface area contributed by atoms with Crippen molar-refractivity contribution in [1.82, 2.24) is 10.9 Å². The first-order valence-corrected chi connectivity index (χ1v) is 5.71. The van der Waals surface area contributed by atoms with Gasteiger partial charge in [-0.1, -0.05) is 23.7 Å². The molecular formula is C12H17ClN2O2. The Morgan fingerprint density at radius 3 is 2.41 bits per heavy atom. The maximum atomic E-state index is 11.3. The van der Waals surface area contributed by atoms with Crippen molar-refractivity contribution in [3.63, 3.8) is 0 Å². The van der Waals surface area contributed by atoms with Gasteiger partial charge in [0.2, 0.25) is 0 Å². The van der Waals surface area contributed by atoms with Crippen LogP contribution in [0.1, 0.15) is 26.3 Å². The van der Waals surface area contributed by atoms with Crippen molar-refractivity contribution in [3.8, 4) is 0 Å². The van der Waals surface area contributed by atoms with Gasteiger partial charge in [-0.05, 0) is 38.5 Å². The van der Waals surface area contributed by atoms with Crippen LogP contribution in [0, 0.1) is 0 Å². The topological polar surface area (TPSA) is 50.4 Å². The van der Waals surface area contributed by atoms with Gasteiger partial charge in [-0.15, -0.1) is 0 Å². The zero-order chi connectivity index (χ0) is 12.9. The summed E-state index contributed by atoms with van der Waals surface area (Å²) in [6.45, 7) is 5.94. The van der Waals surface area contributed by atoms with Gasteiger partial charge in [0.05, 0.1) is 0 Å². The van der Waals surface area contributed by atoms with Crippen molar-refractivity contribution in [3.05, 3.63) is 34.9 Å². The molecule has 0 heterocycles. The number of halogens is 1. The van der Waals surface area contributed by atoms with Gasteiger partial charge >= 0.3 is 6.09 Å². The number of nitrogens with one attached hydrogen (secondary N) is 2. The standard InChI is InChI=1S/C12H17ClN2O2/c1-12(2,3)17-11(16)15-14-8-9-4-6-10(13)7-5-9/h4-7,14H,8H2,1-3H3,(H,15,16). The lowest BCUT2D eigenvalue weighted by Gasteiger charge is -2.19. The molecule has 1 aromatic carbocycles. The highest BCUT2D eigenvalue weighted by Gasteiger charge is 2.15. The molecule has 1 amide bonds. The monoisotopic (exact) mass is 256 g/mol. The van der Waals surface area contributed by atoms with E-state index in [0.717, 1.165) is 5.56 Å². The second-order valence-corrected chi connectivity index (χ2v) is 5.04. The fraction of sp³-hybridized carbons (Fsp3) is 0.417. The highest BCUT2D eigenvalue weighted by molar-refractivity contribution is 6.30. The molecule has 0 aliphatic heterocycles. The van der Waals surface area contributed by atoms with Gasteiger partial charge in [0.15, 0.2) is 0 Å². The largest absolute Gasteiger partial charge is 0.443 e. The SMILES string of the molecule is CC(C)(C)OC(=O)NNCc1ccc(Cl)cc1. The third kappa shape index (κ3) is 6.14. The van der Waals surface area contributed by atoms with E-state index in [1.165, 1.54) is 0 Å². The van der Waals surface area contributed by atoms with Gasteiger partial charge < -0.3 is 4.74 Å². The molecule has 0 fully saturated rings. The van der Waals surface area contributed by atoms with Crippen LogP contribution in [0.3, 0.4) is 0 Å². The summed E-state index contributed by atoms with van der Waals surface area (Å²) in [5.74, 6) is 0. The van der Waals surface area contributed by atoms with Crippen LogP contribution in [0.25, 0.3) is 0 Å². The summed E-state index contributed by atoms with van der Waals surface area (Å²) >= 11 is 5.76. The molecule has 4 nitrogen and oxygen atoms in total. The van der Waals surface area contributed by atoms with Crippen molar-refractivity contribution >= 4 is 17.7 Å². The van der Waals surface area contributed by atoms with Crippen LogP contribution >= 0.6 is 11.6 Å². The summed E-state index contributed by atoms with van der Waals surface area (Å²) in [6, 6.07) is 7.36. The van der Waals surface area contributed by atoms with Gasteiger partial charge in [0.25, 0.3) is 0 Å². The van der Waals surface area contributed by atoms with E-state index in [0.29, 0.717) is 11.6 Å². The zero-order valence-electron chi connectivity index (χ0n) is 10.2. The van der Waals surface area contributed by atoms with Crippen LogP contribution in [0.15, 0.2) is 24.3 Å². The molecule has 0 atom stereocenters. The van der Waals surface area contributed by atoms with Gasteiger partial charge in [-0.3, -0.25) is 5.43 Å². The van der Waals surface area contributed by atoms with E-state index in [4.69, 9.17) is 16.3 Å². The van der Waals surface area contributed by atoms with Crippen LogP contribution in [-0.2, 0) is 11.3 Å². The van der Waals surface area contributed by atoms with Crippen molar-refractivity contribution in [1.29, 1.82) is 0 Å². The third-order valence-electron chi connectivity index (χ3n) is 1.80. The molecule has 0 aliphatic rings. The first-order chi connectivity index (χ1) is 7.87. The summed E-state index contributed by atoms with van der Waals surface area (Å²) in [4.78, 5) is 11.3. The molecule has 0 aliphatic carbocycles. The normalized spacial score (nSPS) is 11.1. The lowest BCUT2D eigenvalue weighted by Crippen LogP contribution is -2.40. The quantitative estimate of drug-likeness (QED) is 0.818. The maximum Gasteiger partial charge on any atom is 0.422 e. The lowest BCUT2D eigenvalue weighted by molar-refractivity contribution is 0.0497. The Morgan fingerprint density at radius 1 is 1.29 bits per heavy atom. The van der Waals surface area contributed by atoms with Crippen LogP contribution in [0.4, 0.5) is 4.79 Å². The minimum Gasteiger partial charge on any atom is -0.443 e. The van der Waals surface area contributed by atoms with E-state index < -0.39 is 11.7 Å². The number of hydrazine groups is 1. The smallest absolute Gasteiger partial charge is 0.422 e. The average Bonchev–Trinajstić information content (AvgIpc) is 2.18. The molecule has 0 unspecified atom stereocenters. The minimum absolute atomic E-state index is 0.494. The van der Waals surface area contributed by atoms with Crippen LogP contribution < -0.4 is 10.9 Å². The van der Waals surface area contributed by atoms with E-state index in [1.807, 2.05) is 32.9 Å². The fourth-order valence-electron chi connectivity index (χ4n) is 1.12. The summed E-state index contributed by atoms with van der Waals surface area (Å²) in [5.41, 5.74) is 5.76. The fourth-order valence-corrected chi connectivity index (χ4v) is 1.25. The molecule has 2 N–H and O–H groups in total. The van der Waals surface area contributed by atoms with Gasteiger partial charge in [-0.2, -0.15) is 0 Å². The highest BCUT2D eigenvalue weighted by Crippen LogP contribution is 2.09. The Labute approximate surface area is 106 Å². The number of rotatable bonds is 3. The number of ether oxygens (including phenoxy) is 1. The van der Waals surface area contributed by atoms with E-state index in [-0.39, 0.29) is 0 Å². The predicted octanol–water partition coefficient (Wildman–Crippen LogP) is 2.87. The van der Waals surface area contributed by atoms with Gasteiger partial charge in [0.1, 0.15) is 5.60 Å². The van der Waals surface area contributed by atoms with Crippen LogP contribution in [0.5, 0.6) is 0 Å². The molecular weight excluding hydrogens is 240 g/mol. The van der Waals surface area contributed by atoms with Crippen molar-refractivity contribution < 1.29 is 9.53 Å². The van der Waals surface area contributed by atoms with Crippen LogP contribution in [-0.4, -0.2) is 11.7 Å². The second kappa shape index (κ2) is 5.89. The van der Waals surface area contributed by atoms with Crippen molar-refractivity contribution in [2.24, 2.45) is 0 Å². The highest BCUT2D eigenvalue weighted by atomic mass is 35.5. The zero-order valence-corrected chi connectivity index (χ0v) is 11.0. The van der Waals surface area contributed by atoms with Crippen LogP contribution in [0.2, 0.25) is 5.02 Å². The molecule has 17 heavy (non-hydrogen) atoms. The Morgan fingerprint density at radius 2 is 1.88 bits per heavy atom. The summed E-state index contributed by atoms with van der Waals surface area (Å²) in [6.07, 6.45) is -0.494. The number of carbonyl (C=O) groups excluding carboxylic acids is 1. The van der Waals surface area contributed by atoms with Crippen molar-refractivity contribution in [2.45, 2.75) is 32.9 Å². The lowest BCUT2D eigenvalue weighted by atomic mass is 10.2. The molecule has 0 radical (unpaired) electrons. The molecule has 0 spiro atoms. The van der Waals surface area contributed by atoms with E-state index in [1.54, 1.807) is 12.1 Å². The number of hydrogen-bond donors (Lipinski definition) is 2. The molecule has 1 aromatic rings. The predicted molar refractivity (Wildman–Crippen MR) is 67.7 cm³/mol. The van der Waals surface area contributed by atoms with E-state index >= 15 is 0 Å². The van der Waals surface area contributed by atoms with Crippen molar-refractivity contribution in [2.75, 3.05) is 0 Å². The van der Waals surface area contributed by atoms with E-state index in [2.05, 4.69) is 10.9 Å². The first-order valence-electron chi connectivity index (χ1n) is 5.33.